The molecule has 0 aromatic heterocycles. The van der Waals surface area contributed by atoms with Crippen LogP contribution in [-0.4, -0.2) is 62.4 Å². The third-order valence-corrected chi connectivity index (χ3v) is 5.07. The molecule has 0 radical (unpaired) electrons. The zero-order chi connectivity index (χ0) is 21.2. The van der Waals surface area contributed by atoms with Gasteiger partial charge in [0, 0.05) is 31.1 Å². The maximum atomic E-state index is 11.8. The van der Waals surface area contributed by atoms with Crippen LogP contribution in [0.4, 0.5) is 4.79 Å². The normalized spacial score (nSPS) is 15.1. The molecule has 1 aliphatic heterocycles. The lowest BCUT2D eigenvalue weighted by atomic mass is 10.1. The molecule has 2 N–H and O–H groups in total. The van der Waals surface area contributed by atoms with Crippen LogP contribution in [0.5, 0.6) is 5.75 Å². The van der Waals surface area contributed by atoms with Gasteiger partial charge in [0.1, 0.15) is 12.4 Å². The van der Waals surface area contributed by atoms with Crippen molar-refractivity contribution in [3.8, 4) is 5.75 Å². The third-order valence-electron chi connectivity index (χ3n) is 5.07. The Hall–Kier alpha value is -2.96. The molecular formula is C23H32N4O3. The maximum absolute atomic E-state index is 11.8. The first-order valence-corrected chi connectivity index (χ1v) is 10.8. The summed E-state index contributed by atoms with van der Waals surface area (Å²) in [4.78, 5) is 18.3. The van der Waals surface area contributed by atoms with Crippen LogP contribution in [0.2, 0.25) is 0 Å². The van der Waals surface area contributed by atoms with E-state index in [2.05, 4.69) is 33.8 Å². The molecule has 0 spiro atoms. The first-order valence-electron chi connectivity index (χ1n) is 10.8. The van der Waals surface area contributed by atoms with E-state index in [9.17, 15) is 4.79 Å². The van der Waals surface area contributed by atoms with Gasteiger partial charge in [-0.2, -0.15) is 0 Å². The second kappa shape index (κ2) is 11.3. The number of amides is 1. The number of hydrogen-bond acceptors (Lipinski definition) is 4. The lowest BCUT2D eigenvalue weighted by Gasteiger charge is -2.32. The number of rotatable bonds is 7. The molecule has 3 rings (SSSR count). The minimum absolute atomic E-state index is 0.220. The number of piperidine rings is 1. The molecule has 162 valence electrons. The summed E-state index contributed by atoms with van der Waals surface area (Å²) in [5, 5.41) is 9.05. The molecule has 1 saturated heterocycles. The van der Waals surface area contributed by atoms with Crippen LogP contribution in [0.1, 0.15) is 26.7 Å². The molecule has 0 aliphatic carbocycles. The van der Waals surface area contributed by atoms with Crippen LogP contribution in [0.25, 0.3) is 10.8 Å². The van der Waals surface area contributed by atoms with Gasteiger partial charge in [-0.25, -0.2) is 9.79 Å². The summed E-state index contributed by atoms with van der Waals surface area (Å²) in [7, 11) is 0. The van der Waals surface area contributed by atoms with Gasteiger partial charge in [-0.05, 0) is 38.1 Å². The van der Waals surface area contributed by atoms with E-state index in [0.29, 0.717) is 32.8 Å². The Morgan fingerprint density at radius 2 is 1.90 bits per heavy atom. The van der Waals surface area contributed by atoms with Crippen molar-refractivity contribution in [3.63, 3.8) is 0 Å². The van der Waals surface area contributed by atoms with Gasteiger partial charge in [-0.15, -0.1) is 0 Å². The van der Waals surface area contributed by atoms with Gasteiger partial charge in [0.05, 0.1) is 13.2 Å². The predicted octanol–water partition coefficient (Wildman–Crippen LogP) is 3.39. The lowest BCUT2D eigenvalue weighted by molar-refractivity contribution is 0.0963. The molecule has 2 aromatic rings. The van der Waals surface area contributed by atoms with Crippen molar-refractivity contribution in [2.45, 2.75) is 32.7 Å². The number of aliphatic imine (C=N–C) groups is 1. The van der Waals surface area contributed by atoms with Gasteiger partial charge in [-0.3, -0.25) is 0 Å². The monoisotopic (exact) mass is 412 g/mol. The van der Waals surface area contributed by atoms with Crippen molar-refractivity contribution in [2.75, 3.05) is 39.4 Å². The number of likely N-dealkylation sites (tertiary alicyclic amines) is 1. The average molecular weight is 413 g/mol. The van der Waals surface area contributed by atoms with Gasteiger partial charge in [0.2, 0.25) is 0 Å². The van der Waals surface area contributed by atoms with E-state index in [-0.39, 0.29) is 12.1 Å². The van der Waals surface area contributed by atoms with Gasteiger partial charge < -0.3 is 25.0 Å². The van der Waals surface area contributed by atoms with Crippen molar-refractivity contribution >= 4 is 22.8 Å². The number of ether oxygens (including phenoxy) is 2. The highest BCUT2D eigenvalue weighted by Gasteiger charge is 2.24. The largest absolute Gasteiger partial charge is 0.491 e. The fourth-order valence-corrected chi connectivity index (χ4v) is 3.57. The third kappa shape index (κ3) is 6.02. The van der Waals surface area contributed by atoms with Crippen LogP contribution in [0.3, 0.4) is 0 Å². The lowest BCUT2D eigenvalue weighted by Crippen LogP contribution is -2.50. The summed E-state index contributed by atoms with van der Waals surface area (Å²) in [6, 6.07) is 14.6. The van der Waals surface area contributed by atoms with Crippen molar-refractivity contribution in [1.82, 2.24) is 15.5 Å². The Morgan fingerprint density at radius 1 is 1.13 bits per heavy atom. The maximum Gasteiger partial charge on any atom is 0.409 e. The van der Waals surface area contributed by atoms with Crippen molar-refractivity contribution in [2.24, 2.45) is 4.99 Å². The topological polar surface area (TPSA) is 75.2 Å². The molecule has 7 nitrogen and oxygen atoms in total. The van der Waals surface area contributed by atoms with E-state index in [0.717, 1.165) is 36.5 Å². The number of carbonyl (C=O) groups is 1. The number of hydrogen-bond donors (Lipinski definition) is 2. The first-order chi connectivity index (χ1) is 14.7. The number of nitrogens with one attached hydrogen (secondary N) is 2. The highest BCUT2D eigenvalue weighted by molar-refractivity contribution is 5.88. The zero-order valence-corrected chi connectivity index (χ0v) is 17.9. The first kappa shape index (κ1) is 21.7. The Labute approximate surface area is 178 Å². The molecule has 30 heavy (non-hydrogen) atoms. The molecule has 7 heteroatoms. The molecule has 1 aliphatic rings. The molecule has 1 amide bonds. The van der Waals surface area contributed by atoms with Crippen LogP contribution in [0.15, 0.2) is 47.5 Å². The fourth-order valence-electron chi connectivity index (χ4n) is 3.57. The summed E-state index contributed by atoms with van der Waals surface area (Å²) in [5.74, 6) is 1.67. The number of fused-ring (bicyclic) bond motifs is 1. The van der Waals surface area contributed by atoms with E-state index in [4.69, 9.17) is 9.47 Å². The minimum Gasteiger partial charge on any atom is -0.491 e. The Morgan fingerprint density at radius 3 is 2.67 bits per heavy atom. The van der Waals surface area contributed by atoms with E-state index < -0.39 is 0 Å². The van der Waals surface area contributed by atoms with Crippen LogP contribution < -0.4 is 15.4 Å². The molecule has 1 heterocycles. The highest BCUT2D eigenvalue weighted by Crippen LogP contribution is 2.24. The summed E-state index contributed by atoms with van der Waals surface area (Å²) < 4.78 is 11.1. The summed E-state index contributed by atoms with van der Waals surface area (Å²) in [6.45, 7) is 7.53. The number of nitrogens with zero attached hydrogens (tertiary/aromatic N) is 2. The van der Waals surface area contributed by atoms with Crippen molar-refractivity contribution in [1.29, 1.82) is 0 Å². The van der Waals surface area contributed by atoms with Gasteiger partial charge >= 0.3 is 6.09 Å². The van der Waals surface area contributed by atoms with Crippen LogP contribution in [0, 0.1) is 0 Å². The van der Waals surface area contributed by atoms with E-state index in [1.807, 2.05) is 38.1 Å². The average Bonchev–Trinajstić information content (AvgIpc) is 2.77. The minimum atomic E-state index is -0.220. The predicted molar refractivity (Wildman–Crippen MR) is 120 cm³/mol. The molecule has 1 fully saturated rings. The molecular weight excluding hydrogens is 380 g/mol. The summed E-state index contributed by atoms with van der Waals surface area (Å²) in [6.07, 6.45) is 1.52. The summed E-state index contributed by atoms with van der Waals surface area (Å²) in [5.41, 5.74) is 0. The standard InChI is InChI=1S/C23H32N4O3/c1-3-24-22(26-19-12-15-27(16-13-19)23(28)29-4-2)25-14-17-30-21-11-7-9-18-8-5-6-10-20(18)21/h5-11,19H,3-4,12-17H2,1-2H3,(H2,24,25,26). The van der Waals surface area contributed by atoms with E-state index in [1.165, 1.54) is 5.39 Å². The van der Waals surface area contributed by atoms with Gasteiger partial charge in [0.25, 0.3) is 0 Å². The zero-order valence-electron chi connectivity index (χ0n) is 17.9. The van der Waals surface area contributed by atoms with Crippen molar-refractivity contribution in [3.05, 3.63) is 42.5 Å². The number of guanidine groups is 1. The van der Waals surface area contributed by atoms with E-state index >= 15 is 0 Å². The van der Waals surface area contributed by atoms with Crippen molar-refractivity contribution < 1.29 is 14.3 Å². The number of carbonyl (C=O) groups excluding carboxylic acids is 1. The van der Waals surface area contributed by atoms with Crippen LogP contribution >= 0.6 is 0 Å². The van der Waals surface area contributed by atoms with Crippen LogP contribution in [-0.2, 0) is 4.74 Å². The quantitative estimate of drug-likeness (QED) is 0.414. The Bertz CT molecular complexity index is 842. The second-order valence-electron chi connectivity index (χ2n) is 7.19. The van der Waals surface area contributed by atoms with Gasteiger partial charge in [-0.1, -0.05) is 36.4 Å². The summed E-state index contributed by atoms with van der Waals surface area (Å²) >= 11 is 0. The molecule has 0 atom stereocenters. The second-order valence-corrected chi connectivity index (χ2v) is 7.19. The molecule has 0 bridgehead atoms. The Balaban J connectivity index is 1.48. The van der Waals surface area contributed by atoms with E-state index in [1.54, 1.807) is 4.90 Å². The molecule has 2 aromatic carbocycles. The molecule has 0 unspecified atom stereocenters. The Kier molecular flexibility index (Phi) is 8.18. The highest BCUT2D eigenvalue weighted by atomic mass is 16.6. The van der Waals surface area contributed by atoms with Gasteiger partial charge in [0.15, 0.2) is 5.96 Å². The fraction of sp³-hybridized carbons (Fsp3) is 0.478. The molecule has 0 saturated carbocycles. The number of benzene rings is 2. The smallest absolute Gasteiger partial charge is 0.409 e. The SMILES string of the molecule is CCNC(=NCCOc1cccc2ccccc12)NC1CCN(C(=O)OCC)CC1.